The molecular weight excluding hydrogens is 350 g/mol. The third-order valence-electron chi connectivity index (χ3n) is 6.14. The van der Waals surface area contributed by atoms with Gasteiger partial charge in [-0.25, -0.2) is 0 Å². The summed E-state index contributed by atoms with van der Waals surface area (Å²) in [6, 6.07) is 15.1. The van der Waals surface area contributed by atoms with Crippen LogP contribution in [-0.4, -0.2) is 67.2 Å². The summed E-state index contributed by atoms with van der Waals surface area (Å²) in [5, 5.41) is 5.72. The van der Waals surface area contributed by atoms with E-state index in [1.807, 2.05) is 6.92 Å². The van der Waals surface area contributed by atoms with E-state index in [-0.39, 0.29) is 18.1 Å². The molecule has 2 aliphatic rings. The quantitative estimate of drug-likeness (QED) is 0.836. The molecule has 1 amide bonds. The van der Waals surface area contributed by atoms with E-state index >= 15 is 0 Å². The van der Waals surface area contributed by atoms with Crippen LogP contribution in [0, 0.1) is 0 Å². The number of rotatable bonds is 6. The number of hydrogen-bond donors (Lipinski definition) is 1. The van der Waals surface area contributed by atoms with Crippen molar-refractivity contribution in [2.75, 3.05) is 39.3 Å². The Hall–Kier alpha value is -1.95. The molecule has 5 nitrogen and oxygen atoms in total. The molecule has 2 heterocycles. The van der Waals surface area contributed by atoms with Gasteiger partial charge in [-0.3, -0.25) is 14.6 Å². The van der Waals surface area contributed by atoms with Crippen molar-refractivity contribution in [2.24, 2.45) is 0 Å². The molecule has 2 aliphatic heterocycles. The zero-order valence-electron chi connectivity index (χ0n) is 16.8. The second-order valence-electron chi connectivity index (χ2n) is 8.01. The number of piperazine rings is 1. The molecule has 5 heteroatoms. The molecule has 0 unspecified atom stereocenters. The zero-order valence-corrected chi connectivity index (χ0v) is 16.8. The minimum atomic E-state index is -0.0823. The van der Waals surface area contributed by atoms with Gasteiger partial charge in [-0.2, -0.15) is 0 Å². The molecule has 28 heavy (non-hydrogen) atoms. The molecule has 150 valence electrons. The molecule has 2 saturated heterocycles. The van der Waals surface area contributed by atoms with Crippen LogP contribution in [-0.2, 0) is 16.1 Å². The fourth-order valence-corrected chi connectivity index (χ4v) is 4.31. The molecule has 0 saturated carbocycles. The van der Waals surface area contributed by atoms with E-state index in [0.29, 0.717) is 6.54 Å². The van der Waals surface area contributed by atoms with E-state index in [2.05, 4.69) is 57.6 Å². The van der Waals surface area contributed by atoms with Gasteiger partial charge < -0.3 is 10.1 Å². The molecule has 2 fully saturated rings. The fourth-order valence-electron chi connectivity index (χ4n) is 4.31. The second-order valence-corrected chi connectivity index (χ2v) is 8.01. The summed E-state index contributed by atoms with van der Waals surface area (Å²) in [6.45, 7) is 8.30. The Bertz CT molecular complexity index is 790. The summed E-state index contributed by atoms with van der Waals surface area (Å²) in [5.74, 6) is 0.123. The van der Waals surface area contributed by atoms with Gasteiger partial charge in [0, 0.05) is 45.9 Å². The van der Waals surface area contributed by atoms with Crippen LogP contribution < -0.4 is 5.32 Å². The molecule has 2 aromatic rings. The maximum absolute atomic E-state index is 12.5. The number of nitrogens with zero attached hydrogens (tertiary/aromatic N) is 2. The van der Waals surface area contributed by atoms with Crippen molar-refractivity contribution in [3.8, 4) is 0 Å². The Balaban J connectivity index is 1.27. The van der Waals surface area contributed by atoms with Crippen molar-refractivity contribution < 1.29 is 9.53 Å². The summed E-state index contributed by atoms with van der Waals surface area (Å²) < 4.78 is 5.59. The highest BCUT2D eigenvalue weighted by molar-refractivity contribution is 5.85. The van der Waals surface area contributed by atoms with Crippen molar-refractivity contribution in [2.45, 2.75) is 38.5 Å². The third kappa shape index (κ3) is 4.54. The van der Waals surface area contributed by atoms with E-state index in [4.69, 9.17) is 4.74 Å². The summed E-state index contributed by atoms with van der Waals surface area (Å²) in [5.41, 5.74) is 1.38. The lowest BCUT2D eigenvalue weighted by atomic mass is 10.0. The molecule has 4 rings (SSSR count). The van der Waals surface area contributed by atoms with Gasteiger partial charge in [-0.15, -0.1) is 0 Å². The summed E-state index contributed by atoms with van der Waals surface area (Å²) in [4.78, 5) is 17.3. The number of carbonyl (C=O) groups excluding carboxylic acids is 1. The van der Waals surface area contributed by atoms with Gasteiger partial charge in [0.25, 0.3) is 0 Å². The average molecular weight is 382 g/mol. The first-order valence-electron chi connectivity index (χ1n) is 10.5. The number of hydrogen-bond acceptors (Lipinski definition) is 4. The lowest BCUT2D eigenvalue weighted by molar-refractivity contribution is -0.127. The molecule has 0 aromatic heterocycles. The van der Waals surface area contributed by atoms with Crippen molar-refractivity contribution >= 4 is 16.7 Å². The summed E-state index contributed by atoms with van der Waals surface area (Å²) in [6.07, 6.45) is 2.37. The molecule has 0 spiro atoms. The Morgan fingerprint density at radius 2 is 1.93 bits per heavy atom. The highest BCUT2D eigenvalue weighted by atomic mass is 16.5. The SMILES string of the molecule is C[C@H](C(=O)NC[C@@H]1CCCO1)N1CCN(Cc2cccc3ccccc23)CC1. The molecule has 1 N–H and O–H groups in total. The van der Waals surface area contributed by atoms with Crippen molar-refractivity contribution in [3.05, 3.63) is 48.0 Å². The first-order valence-corrected chi connectivity index (χ1v) is 10.5. The molecule has 2 atom stereocenters. The number of amides is 1. The Kier molecular flexibility index (Phi) is 6.25. The molecule has 0 bridgehead atoms. The van der Waals surface area contributed by atoms with Gasteiger partial charge in [0.15, 0.2) is 0 Å². The summed E-state index contributed by atoms with van der Waals surface area (Å²) >= 11 is 0. The van der Waals surface area contributed by atoms with Crippen molar-refractivity contribution in [1.82, 2.24) is 15.1 Å². The van der Waals surface area contributed by atoms with Crippen LogP contribution in [0.1, 0.15) is 25.3 Å². The van der Waals surface area contributed by atoms with Gasteiger partial charge in [0.05, 0.1) is 12.1 Å². The van der Waals surface area contributed by atoms with Crippen LogP contribution in [0.5, 0.6) is 0 Å². The van der Waals surface area contributed by atoms with E-state index in [9.17, 15) is 4.79 Å². The topological polar surface area (TPSA) is 44.8 Å². The van der Waals surface area contributed by atoms with E-state index in [0.717, 1.165) is 52.2 Å². The van der Waals surface area contributed by atoms with Crippen LogP contribution in [0.2, 0.25) is 0 Å². The van der Waals surface area contributed by atoms with Gasteiger partial charge in [0.1, 0.15) is 0 Å². The predicted molar refractivity (Wildman–Crippen MR) is 112 cm³/mol. The highest BCUT2D eigenvalue weighted by Gasteiger charge is 2.26. The fraction of sp³-hybridized carbons (Fsp3) is 0.522. The number of fused-ring (bicyclic) bond motifs is 1. The number of carbonyl (C=O) groups is 1. The Morgan fingerprint density at radius 3 is 2.71 bits per heavy atom. The minimum absolute atomic E-state index is 0.0823. The molecule has 2 aromatic carbocycles. The minimum Gasteiger partial charge on any atom is -0.376 e. The normalized spacial score (nSPS) is 22.4. The summed E-state index contributed by atoms with van der Waals surface area (Å²) in [7, 11) is 0. The lowest BCUT2D eigenvalue weighted by Gasteiger charge is -2.37. The van der Waals surface area contributed by atoms with Crippen LogP contribution in [0.4, 0.5) is 0 Å². The lowest BCUT2D eigenvalue weighted by Crippen LogP contribution is -2.54. The van der Waals surface area contributed by atoms with Crippen LogP contribution in [0.15, 0.2) is 42.5 Å². The average Bonchev–Trinajstić information content (AvgIpc) is 3.26. The first-order chi connectivity index (χ1) is 13.7. The zero-order chi connectivity index (χ0) is 19.3. The third-order valence-corrected chi connectivity index (χ3v) is 6.14. The van der Waals surface area contributed by atoms with Crippen LogP contribution in [0.3, 0.4) is 0 Å². The standard InChI is InChI=1S/C23H31N3O2/c1-18(23(27)24-16-21-9-5-15-28-21)26-13-11-25(12-14-26)17-20-8-4-7-19-6-2-3-10-22(19)20/h2-4,6-8,10,18,21H,5,9,11-17H2,1H3,(H,24,27)/t18-,21+/m1/s1. The Labute approximate surface area is 167 Å². The van der Waals surface area contributed by atoms with Gasteiger partial charge >= 0.3 is 0 Å². The number of nitrogens with one attached hydrogen (secondary N) is 1. The van der Waals surface area contributed by atoms with Crippen LogP contribution >= 0.6 is 0 Å². The van der Waals surface area contributed by atoms with Crippen LogP contribution in [0.25, 0.3) is 10.8 Å². The molecule has 0 radical (unpaired) electrons. The molecule has 0 aliphatic carbocycles. The van der Waals surface area contributed by atoms with Gasteiger partial charge in [-0.05, 0) is 36.1 Å². The smallest absolute Gasteiger partial charge is 0.237 e. The monoisotopic (exact) mass is 381 g/mol. The van der Waals surface area contributed by atoms with Gasteiger partial charge in [0.2, 0.25) is 5.91 Å². The number of benzene rings is 2. The van der Waals surface area contributed by atoms with Gasteiger partial charge in [-0.1, -0.05) is 42.5 Å². The van der Waals surface area contributed by atoms with Crippen molar-refractivity contribution in [3.63, 3.8) is 0 Å². The Morgan fingerprint density at radius 1 is 1.14 bits per heavy atom. The highest BCUT2D eigenvalue weighted by Crippen LogP contribution is 2.21. The second kappa shape index (κ2) is 9.03. The van der Waals surface area contributed by atoms with Crippen molar-refractivity contribution in [1.29, 1.82) is 0 Å². The predicted octanol–water partition coefficient (Wildman–Crippen LogP) is 2.64. The maximum atomic E-state index is 12.5. The maximum Gasteiger partial charge on any atom is 0.237 e. The van der Waals surface area contributed by atoms with E-state index in [1.165, 1.54) is 16.3 Å². The number of ether oxygens (including phenoxy) is 1. The largest absolute Gasteiger partial charge is 0.376 e. The first kappa shape index (κ1) is 19.4. The van der Waals surface area contributed by atoms with E-state index in [1.54, 1.807) is 0 Å². The molecular formula is C23H31N3O2. The van der Waals surface area contributed by atoms with E-state index < -0.39 is 0 Å².